The summed E-state index contributed by atoms with van der Waals surface area (Å²) in [5.41, 5.74) is -2.44. The Bertz CT molecular complexity index is 519. The second kappa shape index (κ2) is 10.4. The third kappa shape index (κ3) is 5.80. The van der Waals surface area contributed by atoms with Gasteiger partial charge in [-0.15, -0.1) is 0 Å². The molecule has 0 saturated carbocycles. The summed E-state index contributed by atoms with van der Waals surface area (Å²) in [6.07, 6.45) is 8.41. The fourth-order valence-electron chi connectivity index (χ4n) is 3.92. The van der Waals surface area contributed by atoms with Crippen molar-refractivity contribution in [2.75, 3.05) is 13.2 Å². The number of ether oxygens (including phenoxy) is 2. The zero-order valence-electron chi connectivity index (χ0n) is 18.8. The Morgan fingerprint density at radius 3 is 1.93 bits per heavy atom. The lowest BCUT2D eigenvalue weighted by atomic mass is 9.82. The molecule has 6 heteroatoms. The molecule has 1 fully saturated rings. The SMILES string of the molecule is C/C=C\CCCC(ON1C(C)(C)CCCC1(C)C)(C(=O)OCC)C(=O)OCC. The second-order valence-electron chi connectivity index (χ2n) is 8.59. The van der Waals surface area contributed by atoms with Crippen molar-refractivity contribution in [1.29, 1.82) is 0 Å². The number of unbranched alkanes of at least 4 members (excludes halogenated alkanes) is 1. The Hall–Kier alpha value is -1.40. The van der Waals surface area contributed by atoms with E-state index in [0.717, 1.165) is 25.7 Å². The largest absolute Gasteiger partial charge is 0.463 e. The van der Waals surface area contributed by atoms with Gasteiger partial charge >= 0.3 is 11.9 Å². The molecule has 6 nitrogen and oxygen atoms in total. The summed E-state index contributed by atoms with van der Waals surface area (Å²) in [4.78, 5) is 32.5. The number of rotatable bonds is 10. The van der Waals surface area contributed by atoms with E-state index >= 15 is 0 Å². The van der Waals surface area contributed by atoms with Crippen molar-refractivity contribution in [2.45, 2.75) is 104 Å². The topological polar surface area (TPSA) is 65.1 Å². The molecule has 0 spiro atoms. The fraction of sp³-hybridized carbons (Fsp3) is 0.818. The molecule has 0 atom stereocenters. The first-order chi connectivity index (χ1) is 13.1. The van der Waals surface area contributed by atoms with Crippen molar-refractivity contribution in [3.63, 3.8) is 0 Å². The average molecular weight is 398 g/mol. The Morgan fingerprint density at radius 1 is 1.00 bits per heavy atom. The molecule has 28 heavy (non-hydrogen) atoms. The smallest absolute Gasteiger partial charge is 0.352 e. The van der Waals surface area contributed by atoms with Crippen LogP contribution >= 0.6 is 0 Å². The van der Waals surface area contributed by atoms with E-state index in [0.29, 0.717) is 6.42 Å². The maximum absolute atomic E-state index is 13.0. The van der Waals surface area contributed by atoms with E-state index in [1.807, 2.05) is 24.1 Å². The number of hydrogen-bond acceptors (Lipinski definition) is 6. The van der Waals surface area contributed by atoms with Crippen LogP contribution in [0.4, 0.5) is 0 Å². The van der Waals surface area contributed by atoms with E-state index in [2.05, 4.69) is 27.7 Å². The summed E-state index contributed by atoms with van der Waals surface area (Å²) in [6, 6.07) is 0. The van der Waals surface area contributed by atoms with Gasteiger partial charge in [0.25, 0.3) is 5.60 Å². The molecule has 0 aromatic carbocycles. The van der Waals surface area contributed by atoms with Gasteiger partial charge in [0.05, 0.1) is 13.2 Å². The number of carbonyl (C=O) groups excluding carboxylic acids is 2. The lowest BCUT2D eigenvalue weighted by molar-refractivity contribution is -0.329. The minimum Gasteiger partial charge on any atom is -0.463 e. The molecular weight excluding hydrogens is 358 g/mol. The third-order valence-corrected chi connectivity index (χ3v) is 5.27. The van der Waals surface area contributed by atoms with E-state index < -0.39 is 17.5 Å². The van der Waals surface area contributed by atoms with Gasteiger partial charge in [-0.1, -0.05) is 12.2 Å². The second-order valence-corrected chi connectivity index (χ2v) is 8.59. The standard InChI is InChI=1S/C22H39NO5/c1-8-11-12-13-17-22(18(24)26-9-2,19(25)27-10-3)28-23-20(4,5)15-14-16-21(23,6)7/h8,11H,9-10,12-17H2,1-7H3/b11-8-. The minimum atomic E-state index is -1.79. The highest BCUT2D eigenvalue weighted by Crippen LogP contribution is 2.41. The average Bonchev–Trinajstić information content (AvgIpc) is 2.60. The van der Waals surface area contributed by atoms with Gasteiger partial charge in [-0.2, -0.15) is 5.06 Å². The summed E-state index contributed by atoms with van der Waals surface area (Å²) < 4.78 is 10.6. The fourth-order valence-corrected chi connectivity index (χ4v) is 3.92. The van der Waals surface area contributed by atoms with Crippen molar-refractivity contribution >= 4 is 11.9 Å². The molecule has 1 saturated heterocycles. The first-order valence-corrected chi connectivity index (χ1v) is 10.5. The summed E-state index contributed by atoms with van der Waals surface area (Å²) >= 11 is 0. The lowest BCUT2D eigenvalue weighted by Crippen LogP contribution is -2.65. The van der Waals surface area contributed by atoms with Crippen LogP contribution in [0.1, 0.15) is 87.0 Å². The maximum atomic E-state index is 13.0. The first-order valence-electron chi connectivity index (χ1n) is 10.5. The van der Waals surface area contributed by atoms with Crippen LogP contribution in [0.3, 0.4) is 0 Å². The van der Waals surface area contributed by atoms with Crippen molar-refractivity contribution in [1.82, 2.24) is 5.06 Å². The number of hydrogen-bond donors (Lipinski definition) is 0. The first kappa shape index (κ1) is 24.6. The van der Waals surface area contributed by atoms with Gasteiger partial charge in [0.15, 0.2) is 0 Å². The monoisotopic (exact) mass is 397 g/mol. The molecule has 0 aromatic heterocycles. The molecule has 1 heterocycles. The molecule has 1 aliphatic heterocycles. The molecule has 0 bridgehead atoms. The van der Waals surface area contributed by atoms with Crippen LogP contribution in [0.25, 0.3) is 0 Å². The van der Waals surface area contributed by atoms with E-state index in [1.165, 1.54) is 0 Å². The van der Waals surface area contributed by atoms with Crippen LogP contribution < -0.4 is 0 Å². The third-order valence-electron chi connectivity index (χ3n) is 5.27. The van der Waals surface area contributed by atoms with Crippen LogP contribution in [-0.4, -0.2) is 46.9 Å². The van der Waals surface area contributed by atoms with Gasteiger partial charge in [-0.05, 0) is 80.6 Å². The summed E-state index contributed by atoms with van der Waals surface area (Å²) in [6.45, 7) is 14.0. The number of allylic oxidation sites excluding steroid dienone is 2. The highest BCUT2D eigenvalue weighted by atomic mass is 16.7. The van der Waals surface area contributed by atoms with Gasteiger partial charge < -0.3 is 9.47 Å². The zero-order valence-corrected chi connectivity index (χ0v) is 18.8. The number of carbonyl (C=O) groups is 2. The van der Waals surface area contributed by atoms with Gasteiger partial charge in [0.1, 0.15) is 0 Å². The predicted molar refractivity (Wildman–Crippen MR) is 110 cm³/mol. The molecule has 0 unspecified atom stereocenters. The molecule has 1 aliphatic rings. The van der Waals surface area contributed by atoms with Crippen LogP contribution in [0, 0.1) is 0 Å². The van der Waals surface area contributed by atoms with Gasteiger partial charge in [0, 0.05) is 17.5 Å². The number of piperidine rings is 1. The molecule has 1 rings (SSSR count). The maximum Gasteiger partial charge on any atom is 0.352 e. The van der Waals surface area contributed by atoms with Gasteiger partial charge in [-0.25, -0.2) is 9.59 Å². The molecular formula is C22H39NO5. The summed E-state index contributed by atoms with van der Waals surface area (Å²) in [5.74, 6) is -1.35. The molecule has 0 amide bonds. The van der Waals surface area contributed by atoms with Crippen LogP contribution in [0.2, 0.25) is 0 Å². The van der Waals surface area contributed by atoms with E-state index in [1.54, 1.807) is 13.8 Å². The Balaban J connectivity index is 3.35. The Labute approximate surface area is 170 Å². The highest BCUT2D eigenvalue weighted by molar-refractivity contribution is 6.03. The molecule has 0 radical (unpaired) electrons. The van der Waals surface area contributed by atoms with Crippen molar-refractivity contribution in [3.8, 4) is 0 Å². The van der Waals surface area contributed by atoms with Crippen molar-refractivity contribution in [3.05, 3.63) is 12.2 Å². The van der Waals surface area contributed by atoms with E-state index in [4.69, 9.17) is 14.3 Å². The number of hydroxylamine groups is 2. The van der Waals surface area contributed by atoms with E-state index in [-0.39, 0.29) is 30.7 Å². The Kier molecular flexibility index (Phi) is 9.15. The van der Waals surface area contributed by atoms with E-state index in [9.17, 15) is 9.59 Å². The molecule has 0 aliphatic carbocycles. The van der Waals surface area contributed by atoms with Crippen LogP contribution in [0.15, 0.2) is 12.2 Å². The van der Waals surface area contributed by atoms with Gasteiger partial charge in [-0.3, -0.25) is 4.84 Å². The van der Waals surface area contributed by atoms with Crippen LogP contribution in [0.5, 0.6) is 0 Å². The molecule has 0 N–H and O–H groups in total. The van der Waals surface area contributed by atoms with Crippen LogP contribution in [-0.2, 0) is 23.9 Å². The molecule has 0 aromatic rings. The minimum absolute atomic E-state index is 0.172. The zero-order chi connectivity index (χ0) is 21.4. The van der Waals surface area contributed by atoms with Gasteiger partial charge in [0.2, 0.25) is 0 Å². The lowest BCUT2D eigenvalue weighted by Gasteiger charge is -2.53. The quantitative estimate of drug-likeness (QED) is 0.233. The predicted octanol–water partition coefficient (Wildman–Crippen LogP) is 4.57. The Morgan fingerprint density at radius 2 is 1.50 bits per heavy atom. The molecule has 162 valence electrons. The van der Waals surface area contributed by atoms with Crippen molar-refractivity contribution in [2.24, 2.45) is 0 Å². The number of nitrogens with zero attached hydrogens (tertiary/aromatic N) is 1. The summed E-state index contributed by atoms with van der Waals surface area (Å²) in [5, 5.41) is 1.84. The summed E-state index contributed by atoms with van der Waals surface area (Å²) in [7, 11) is 0. The normalized spacial score (nSPS) is 19.5. The number of esters is 2. The highest BCUT2D eigenvalue weighted by Gasteiger charge is 2.56. The van der Waals surface area contributed by atoms with Crippen molar-refractivity contribution < 1.29 is 23.9 Å².